The maximum Gasteiger partial charge on any atom is 0.110 e. The summed E-state index contributed by atoms with van der Waals surface area (Å²) in [5.41, 5.74) is 1.11. The summed E-state index contributed by atoms with van der Waals surface area (Å²) in [4.78, 5) is 5.85. The van der Waals surface area contributed by atoms with Gasteiger partial charge in [0.2, 0.25) is 0 Å². The molecule has 0 spiro atoms. The SMILES string of the molecule is [2H]C1N=CC=C2C=CCN21. The van der Waals surface area contributed by atoms with Crippen molar-refractivity contribution in [2.75, 3.05) is 13.2 Å². The van der Waals surface area contributed by atoms with Crippen LogP contribution >= 0.6 is 0 Å². The molecule has 0 amide bonds. The van der Waals surface area contributed by atoms with E-state index in [9.17, 15) is 0 Å². The van der Waals surface area contributed by atoms with Gasteiger partial charge in [0.25, 0.3) is 0 Å². The predicted molar refractivity (Wildman–Crippen MR) is 37.3 cm³/mol. The van der Waals surface area contributed by atoms with E-state index in [0.29, 0.717) is 0 Å². The van der Waals surface area contributed by atoms with Crippen LogP contribution in [0.5, 0.6) is 0 Å². The molecule has 0 radical (unpaired) electrons. The first kappa shape index (κ1) is 3.88. The number of hydrogen-bond acceptors (Lipinski definition) is 2. The molecule has 0 saturated carbocycles. The molecule has 0 N–H and O–H groups in total. The maximum atomic E-state index is 7.45. The van der Waals surface area contributed by atoms with Crippen LogP contribution in [0, 0.1) is 0 Å². The molecule has 1 unspecified atom stereocenters. The van der Waals surface area contributed by atoms with Crippen LogP contribution in [0.3, 0.4) is 0 Å². The van der Waals surface area contributed by atoms with Crippen molar-refractivity contribution in [3.05, 3.63) is 23.9 Å². The number of aliphatic imine (C=N–C) groups is 1. The van der Waals surface area contributed by atoms with Crippen LogP contribution in [0.15, 0.2) is 28.9 Å². The van der Waals surface area contributed by atoms with E-state index >= 15 is 0 Å². The van der Waals surface area contributed by atoms with Gasteiger partial charge in [-0.3, -0.25) is 4.99 Å². The van der Waals surface area contributed by atoms with Crippen molar-refractivity contribution < 1.29 is 1.37 Å². The Morgan fingerprint density at radius 2 is 2.78 bits per heavy atom. The van der Waals surface area contributed by atoms with Crippen molar-refractivity contribution >= 4 is 6.21 Å². The van der Waals surface area contributed by atoms with Gasteiger partial charge in [-0.15, -0.1) is 0 Å². The molecular weight excluding hydrogens is 112 g/mol. The minimum Gasteiger partial charge on any atom is -0.348 e. The van der Waals surface area contributed by atoms with Crippen LogP contribution in [-0.4, -0.2) is 24.3 Å². The van der Waals surface area contributed by atoms with Gasteiger partial charge in [-0.1, -0.05) is 6.08 Å². The van der Waals surface area contributed by atoms with E-state index in [0.717, 1.165) is 12.2 Å². The van der Waals surface area contributed by atoms with E-state index in [2.05, 4.69) is 4.99 Å². The highest BCUT2D eigenvalue weighted by Crippen LogP contribution is 2.14. The minimum absolute atomic E-state index is 0.421. The van der Waals surface area contributed by atoms with E-state index in [1.54, 1.807) is 6.21 Å². The molecule has 2 heterocycles. The molecule has 1 atom stereocenters. The molecule has 2 nitrogen and oxygen atoms in total. The lowest BCUT2D eigenvalue weighted by molar-refractivity contribution is 0.419. The fourth-order valence-corrected chi connectivity index (χ4v) is 0.992. The van der Waals surface area contributed by atoms with Gasteiger partial charge < -0.3 is 4.90 Å². The van der Waals surface area contributed by atoms with Crippen LogP contribution in [0.25, 0.3) is 0 Å². The molecule has 0 bridgehead atoms. The van der Waals surface area contributed by atoms with Crippen molar-refractivity contribution in [3.63, 3.8) is 0 Å². The van der Waals surface area contributed by atoms with Gasteiger partial charge in [0.1, 0.15) is 6.64 Å². The van der Waals surface area contributed by atoms with Crippen molar-refractivity contribution in [2.45, 2.75) is 0 Å². The zero-order valence-corrected chi connectivity index (χ0v) is 4.99. The topological polar surface area (TPSA) is 15.6 Å². The molecule has 0 aromatic rings. The first-order chi connectivity index (χ1) is 4.88. The number of rotatable bonds is 0. The third-order valence-corrected chi connectivity index (χ3v) is 1.46. The number of fused-ring (bicyclic) bond motifs is 1. The zero-order valence-electron chi connectivity index (χ0n) is 5.99. The summed E-state index contributed by atoms with van der Waals surface area (Å²) in [5, 5.41) is 0. The first-order valence-electron chi connectivity index (χ1n) is 3.54. The second-order valence-electron chi connectivity index (χ2n) is 2.06. The summed E-state index contributed by atoms with van der Waals surface area (Å²) >= 11 is 0. The summed E-state index contributed by atoms with van der Waals surface area (Å²) in [6.07, 6.45) is 7.68. The number of allylic oxidation sites excluding steroid dienone is 2. The molecule has 0 aromatic heterocycles. The van der Waals surface area contributed by atoms with Crippen LogP contribution in [0.2, 0.25) is 0 Å². The fourth-order valence-electron chi connectivity index (χ4n) is 0.992. The lowest BCUT2D eigenvalue weighted by Crippen LogP contribution is -2.20. The molecule has 0 aromatic carbocycles. The monoisotopic (exact) mass is 121 g/mol. The third-order valence-electron chi connectivity index (χ3n) is 1.46. The van der Waals surface area contributed by atoms with E-state index in [4.69, 9.17) is 1.37 Å². The average molecular weight is 121 g/mol. The molecule has 2 rings (SSSR count). The third kappa shape index (κ3) is 0.669. The number of hydrogen-bond donors (Lipinski definition) is 0. The summed E-state index contributed by atoms with van der Waals surface area (Å²) < 4.78 is 7.45. The Bertz CT molecular complexity index is 230. The number of nitrogens with zero attached hydrogens (tertiary/aromatic N) is 2. The highest BCUT2D eigenvalue weighted by atomic mass is 15.2. The van der Waals surface area contributed by atoms with E-state index < -0.39 is 6.64 Å². The standard InChI is InChI=1S/C7H8N2/c1-2-7-3-4-8-6-9(7)5-1/h1-4H,5-6H2/i6D. The molecule has 0 saturated heterocycles. The Morgan fingerprint density at radius 1 is 1.78 bits per heavy atom. The lowest BCUT2D eigenvalue weighted by Gasteiger charge is -2.18. The summed E-state index contributed by atoms with van der Waals surface area (Å²) in [6, 6.07) is 0. The Balaban J connectivity index is 2.31. The molecule has 0 aliphatic carbocycles. The summed E-state index contributed by atoms with van der Waals surface area (Å²) in [5.74, 6) is 0. The van der Waals surface area contributed by atoms with Gasteiger partial charge in [-0.25, -0.2) is 0 Å². The second-order valence-corrected chi connectivity index (χ2v) is 2.06. The highest BCUT2D eigenvalue weighted by Gasteiger charge is 2.10. The minimum atomic E-state index is -0.421. The summed E-state index contributed by atoms with van der Waals surface area (Å²) in [6.45, 7) is 0.409. The van der Waals surface area contributed by atoms with Gasteiger partial charge in [-0.2, -0.15) is 0 Å². The van der Waals surface area contributed by atoms with E-state index in [1.807, 2.05) is 23.1 Å². The van der Waals surface area contributed by atoms with Crippen LogP contribution in [0.1, 0.15) is 1.37 Å². The van der Waals surface area contributed by atoms with Crippen LogP contribution < -0.4 is 0 Å². The van der Waals surface area contributed by atoms with Crippen LogP contribution in [0.4, 0.5) is 0 Å². The van der Waals surface area contributed by atoms with Crippen LogP contribution in [-0.2, 0) is 0 Å². The van der Waals surface area contributed by atoms with Crippen molar-refractivity contribution in [2.24, 2.45) is 4.99 Å². The maximum absolute atomic E-state index is 7.45. The highest BCUT2D eigenvalue weighted by molar-refractivity contribution is 5.74. The van der Waals surface area contributed by atoms with Gasteiger partial charge in [0.15, 0.2) is 0 Å². The van der Waals surface area contributed by atoms with Gasteiger partial charge in [0, 0.05) is 18.5 Å². The predicted octanol–water partition coefficient (Wildman–Crippen LogP) is 0.784. The zero-order chi connectivity index (χ0) is 6.97. The smallest absolute Gasteiger partial charge is 0.110 e. The first-order valence-corrected chi connectivity index (χ1v) is 2.97. The van der Waals surface area contributed by atoms with E-state index in [1.165, 1.54) is 0 Å². The second kappa shape index (κ2) is 1.72. The van der Waals surface area contributed by atoms with Crippen molar-refractivity contribution in [1.29, 1.82) is 0 Å². The van der Waals surface area contributed by atoms with Gasteiger partial charge >= 0.3 is 0 Å². The lowest BCUT2D eigenvalue weighted by atomic mass is 10.4. The molecule has 0 fully saturated rings. The molecule has 9 heavy (non-hydrogen) atoms. The molecule has 2 aliphatic heterocycles. The van der Waals surface area contributed by atoms with Crippen molar-refractivity contribution in [3.8, 4) is 0 Å². The van der Waals surface area contributed by atoms with Gasteiger partial charge in [-0.05, 0) is 12.2 Å². The Hall–Kier alpha value is -1.05. The molecule has 2 heteroatoms. The Labute approximate surface area is 55.6 Å². The summed E-state index contributed by atoms with van der Waals surface area (Å²) in [7, 11) is 0. The molecular formula is C7H8N2. The molecule has 2 aliphatic rings. The fraction of sp³-hybridized carbons (Fsp3) is 0.286. The Kier molecular flexibility index (Phi) is 0.743. The quantitative estimate of drug-likeness (QED) is 0.462. The largest absolute Gasteiger partial charge is 0.348 e. The van der Waals surface area contributed by atoms with Gasteiger partial charge in [0.05, 0.1) is 1.37 Å². The normalized spacial score (nSPS) is 32.0. The van der Waals surface area contributed by atoms with E-state index in [-0.39, 0.29) is 0 Å². The van der Waals surface area contributed by atoms with Crippen molar-refractivity contribution in [1.82, 2.24) is 4.90 Å². The Morgan fingerprint density at radius 3 is 3.67 bits per heavy atom. The average Bonchev–Trinajstić information content (AvgIpc) is 2.36. The molecule has 46 valence electrons.